The summed E-state index contributed by atoms with van der Waals surface area (Å²) in [6.45, 7) is 2.06. The van der Waals surface area contributed by atoms with Crippen LogP contribution >= 0.6 is 0 Å². The van der Waals surface area contributed by atoms with Gasteiger partial charge in [-0.3, -0.25) is 6.08 Å². The molecule has 3 aromatic carbocycles. The zero-order valence-corrected chi connectivity index (χ0v) is 19.8. The maximum Gasteiger partial charge on any atom is 2.00 e. The molecule has 0 spiro atoms. The molecule has 0 heterocycles. The topological polar surface area (TPSA) is 0 Å². The van der Waals surface area contributed by atoms with E-state index in [-0.39, 0.29) is 76.8 Å². The molecule has 3 aromatic rings. The molecule has 4 rings (SSSR count). The standard InChI is InChI=1S/C13H9.C6H7.2CH3.2ClH.Si.Zr/c1-3-7-12-10(5-1)9-11-6-2-4-8-13(11)12;1-6-4-2-3-5-6;;;;;;/h1-9H;2,4H,3H2,1H3;2*1H3;2*1H;;/q4*-1;;;;+2/p-2. The number of rotatable bonds is 0. The third kappa shape index (κ3) is 8.13. The van der Waals surface area contributed by atoms with Crippen LogP contribution in [0.15, 0.2) is 72.3 Å². The largest absolute Gasteiger partial charge is 2.00 e. The molecule has 4 heteroatoms. The van der Waals surface area contributed by atoms with Gasteiger partial charge in [-0.2, -0.15) is 6.08 Å². The maximum absolute atomic E-state index is 3.12. The van der Waals surface area contributed by atoms with Crippen LogP contribution < -0.4 is 24.8 Å². The van der Waals surface area contributed by atoms with Gasteiger partial charge in [0.05, 0.1) is 0 Å². The quantitative estimate of drug-likeness (QED) is 0.323. The Hall–Kier alpha value is -0.530. The fourth-order valence-electron chi connectivity index (χ4n) is 2.42. The van der Waals surface area contributed by atoms with Crippen molar-refractivity contribution in [1.82, 2.24) is 0 Å². The summed E-state index contributed by atoms with van der Waals surface area (Å²) in [5, 5.41) is 5.39. The van der Waals surface area contributed by atoms with E-state index in [1.807, 2.05) is 0 Å². The first-order chi connectivity index (χ1) is 9.34. The third-order valence-corrected chi connectivity index (χ3v) is 3.39. The van der Waals surface area contributed by atoms with Crippen molar-refractivity contribution in [2.24, 2.45) is 0 Å². The Morgan fingerprint density at radius 3 is 1.60 bits per heavy atom. The molecule has 0 amide bonds. The third-order valence-electron chi connectivity index (χ3n) is 3.39. The van der Waals surface area contributed by atoms with Crippen LogP contribution in [0.5, 0.6) is 0 Å². The molecule has 0 saturated heterocycles. The SMILES string of the molecule is CC1=[C-]CC=C1.[CH3-].[CH3-].[Cl-].[Cl-].[Si].[Zr+2].c1ccc2c(c1)[cH-]c1ccccc12. The number of allylic oxidation sites excluding steroid dienone is 4. The van der Waals surface area contributed by atoms with E-state index < -0.39 is 0 Å². The van der Waals surface area contributed by atoms with Crippen molar-refractivity contribution in [1.29, 1.82) is 0 Å². The summed E-state index contributed by atoms with van der Waals surface area (Å²) in [6, 6.07) is 19.3. The van der Waals surface area contributed by atoms with E-state index in [4.69, 9.17) is 0 Å². The summed E-state index contributed by atoms with van der Waals surface area (Å²) in [4.78, 5) is 0. The van der Waals surface area contributed by atoms with Gasteiger partial charge in [-0.25, -0.2) is 11.6 Å². The van der Waals surface area contributed by atoms with E-state index in [1.54, 1.807) is 0 Å². The second kappa shape index (κ2) is 15.7. The molecule has 0 aromatic heterocycles. The van der Waals surface area contributed by atoms with E-state index in [9.17, 15) is 0 Å². The average molecular weight is 465 g/mol. The van der Waals surface area contributed by atoms with Crippen molar-refractivity contribution < 1.29 is 51.0 Å². The molecular weight excluding hydrogens is 442 g/mol. The molecule has 4 radical (unpaired) electrons. The van der Waals surface area contributed by atoms with Gasteiger partial charge in [0.25, 0.3) is 0 Å². The maximum atomic E-state index is 3.12. The van der Waals surface area contributed by atoms with Crippen LogP contribution in [0, 0.1) is 20.9 Å². The number of benzene rings is 2. The van der Waals surface area contributed by atoms with Crippen LogP contribution in [0.4, 0.5) is 0 Å². The summed E-state index contributed by atoms with van der Waals surface area (Å²) in [7, 11) is 0. The van der Waals surface area contributed by atoms with Crippen LogP contribution in [0.3, 0.4) is 0 Å². The number of fused-ring (bicyclic) bond motifs is 3. The molecule has 0 atom stereocenters. The minimum atomic E-state index is 0. The Morgan fingerprint density at radius 2 is 1.28 bits per heavy atom. The summed E-state index contributed by atoms with van der Waals surface area (Å²) >= 11 is 0. The van der Waals surface area contributed by atoms with Gasteiger partial charge >= 0.3 is 26.2 Å². The molecule has 132 valence electrons. The Morgan fingerprint density at radius 1 is 0.840 bits per heavy atom. The average Bonchev–Trinajstić information content (AvgIpc) is 3.06. The molecule has 0 nitrogen and oxygen atoms in total. The molecule has 0 fully saturated rings. The predicted octanol–water partition coefficient (Wildman–Crippen LogP) is -0.0670. The minimum Gasteiger partial charge on any atom is -1.00 e. The van der Waals surface area contributed by atoms with E-state index >= 15 is 0 Å². The molecule has 0 unspecified atom stereocenters. The van der Waals surface area contributed by atoms with Crippen LogP contribution in [0.25, 0.3) is 21.5 Å². The normalized spacial score (nSPS) is 10.2. The van der Waals surface area contributed by atoms with Crippen LogP contribution in [0.1, 0.15) is 13.3 Å². The van der Waals surface area contributed by atoms with Crippen molar-refractivity contribution in [2.75, 3.05) is 0 Å². The first-order valence-electron chi connectivity index (χ1n) is 6.62. The Kier molecular flexibility index (Phi) is 20.2. The van der Waals surface area contributed by atoms with Gasteiger partial charge in [0.2, 0.25) is 0 Å². The zero-order chi connectivity index (χ0) is 13.1. The van der Waals surface area contributed by atoms with E-state index in [1.165, 1.54) is 27.1 Å². The predicted molar refractivity (Wildman–Crippen MR) is 102 cm³/mol. The second-order valence-electron chi connectivity index (χ2n) is 4.79. The zero-order valence-electron chi connectivity index (χ0n) is 14.8. The van der Waals surface area contributed by atoms with E-state index in [2.05, 4.69) is 79.7 Å². The monoisotopic (exact) mass is 462 g/mol. The van der Waals surface area contributed by atoms with Crippen molar-refractivity contribution in [3.05, 3.63) is 93.3 Å². The van der Waals surface area contributed by atoms with Crippen molar-refractivity contribution in [3.8, 4) is 0 Å². The molecule has 1 aliphatic rings. The smallest absolute Gasteiger partial charge is 1.00 e. The second-order valence-corrected chi connectivity index (χ2v) is 4.79. The van der Waals surface area contributed by atoms with Gasteiger partial charge in [-0.15, -0.1) is 46.2 Å². The fourth-order valence-corrected chi connectivity index (χ4v) is 2.42. The number of halogens is 2. The van der Waals surface area contributed by atoms with Gasteiger partial charge in [0.15, 0.2) is 0 Å². The van der Waals surface area contributed by atoms with E-state index in [0.29, 0.717) is 0 Å². The Labute approximate surface area is 189 Å². The Bertz CT molecular complexity index is 723. The molecule has 0 aliphatic heterocycles. The summed E-state index contributed by atoms with van der Waals surface area (Å²) in [5.41, 5.74) is 1.27. The first-order valence-corrected chi connectivity index (χ1v) is 6.62. The molecule has 0 N–H and O–H groups in total. The van der Waals surface area contributed by atoms with Crippen molar-refractivity contribution in [3.63, 3.8) is 0 Å². The summed E-state index contributed by atoms with van der Waals surface area (Å²) in [5.74, 6) is 0. The fraction of sp³-hybridized carbons (Fsp3) is 0.0952. The summed E-state index contributed by atoms with van der Waals surface area (Å²) in [6.07, 6.45) is 8.33. The number of hydrogen-bond donors (Lipinski definition) is 0. The molecular formula is C21H22Cl2SiZr-4. The van der Waals surface area contributed by atoms with Crippen LogP contribution in [0.2, 0.25) is 0 Å². The van der Waals surface area contributed by atoms with Gasteiger partial charge in [-0.05, 0) is 0 Å². The van der Waals surface area contributed by atoms with Crippen molar-refractivity contribution >= 4 is 32.5 Å². The summed E-state index contributed by atoms with van der Waals surface area (Å²) < 4.78 is 0. The molecule has 0 bridgehead atoms. The molecule has 0 saturated carbocycles. The van der Waals surface area contributed by atoms with Gasteiger partial charge in [0, 0.05) is 11.0 Å². The van der Waals surface area contributed by atoms with E-state index in [0.717, 1.165) is 6.42 Å². The Balaban J connectivity index is -0.000000164. The van der Waals surface area contributed by atoms with Gasteiger partial charge < -0.3 is 39.7 Å². The van der Waals surface area contributed by atoms with Crippen LogP contribution in [-0.2, 0) is 26.2 Å². The van der Waals surface area contributed by atoms with Crippen LogP contribution in [-0.4, -0.2) is 11.0 Å². The number of hydrogen-bond acceptors (Lipinski definition) is 0. The molecule has 1 aliphatic carbocycles. The van der Waals surface area contributed by atoms with Crippen molar-refractivity contribution in [2.45, 2.75) is 13.3 Å². The molecule has 25 heavy (non-hydrogen) atoms. The minimum absolute atomic E-state index is 0. The first kappa shape index (κ1) is 32.2. The van der Waals surface area contributed by atoms with Gasteiger partial charge in [-0.1, -0.05) is 43.3 Å². The van der Waals surface area contributed by atoms with Gasteiger partial charge in [0.1, 0.15) is 0 Å².